The molecule has 4 nitrogen and oxygen atoms in total. The van der Waals surface area contributed by atoms with Crippen LogP contribution in [0, 0.1) is 0 Å². The second-order valence-corrected chi connectivity index (χ2v) is 8.14. The molecule has 0 unspecified atom stereocenters. The van der Waals surface area contributed by atoms with Gasteiger partial charge in [-0.3, -0.25) is 9.69 Å². The number of amidine groups is 1. The minimum Gasteiger partial charge on any atom is -0.494 e. The summed E-state index contributed by atoms with van der Waals surface area (Å²) in [4.78, 5) is 20.4. The van der Waals surface area contributed by atoms with E-state index >= 15 is 0 Å². The molecule has 5 heteroatoms. The summed E-state index contributed by atoms with van der Waals surface area (Å²) in [5, 5.41) is 0.689. The predicted molar refractivity (Wildman–Crippen MR) is 128 cm³/mol. The lowest BCUT2D eigenvalue weighted by molar-refractivity contribution is -0.122. The summed E-state index contributed by atoms with van der Waals surface area (Å²) < 4.78 is 5.65. The maximum atomic E-state index is 13.3. The smallest absolute Gasteiger partial charge is 0.267 e. The van der Waals surface area contributed by atoms with Gasteiger partial charge in [-0.05, 0) is 59.7 Å². The Kier molecular flexibility index (Phi) is 6.85. The van der Waals surface area contributed by atoms with Gasteiger partial charge in [-0.2, -0.15) is 0 Å². The molecule has 31 heavy (non-hydrogen) atoms. The fourth-order valence-corrected chi connectivity index (χ4v) is 4.14. The van der Waals surface area contributed by atoms with Crippen LogP contribution in [0.15, 0.2) is 94.8 Å². The van der Waals surface area contributed by atoms with Gasteiger partial charge in [0.2, 0.25) is 0 Å². The number of carbonyl (C=O) groups excluding carboxylic acids is 1. The zero-order valence-electron chi connectivity index (χ0n) is 17.4. The van der Waals surface area contributed by atoms with Crippen molar-refractivity contribution in [3.8, 4) is 5.75 Å². The Morgan fingerprint density at radius 1 is 0.935 bits per heavy atom. The van der Waals surface area contributed by atoms with E-state index in [0.717, 1.165) is 29.0 Å². The number of amides is 1. The Morgan fingerprint density at radius 2 is 1.61 bits per heavy atom. The van der Waals surface area contributed by atoms with Gasteiger partial charge < -0.3 is 4.74 Å². The Hall–Kier alpha value is -3.31. The Balaban J connectivity index is 1.61. The van der Waals surface area contributed by atoms with E-state index in [1.54, 1.807) is 4.90 Å². The predicted octanol–water partition coefficient (Wildman–Crippen LogP) is 6.28. The monoisotopic (exact) mass is 428 g/mol. The highest BCUT2D eigenvalue weighted by atomic mass is 32.2. The van der Waals surface area contributed by atoms with E-state index in [1.165, 1.54) is 11.8 Å². The largest absolute Gasteiger partial charge is 0.494 e. The van der Waals surface area contributed by atoms with Gasteiger partial charge >= 0.3 is 0 Å². The number of aliphatic imine (C=N–C) groups is 1. The van der Waals surface area contributed by atoms with Gasteiger partial charge in [0.1, 0.15) is 5.75 Å². The van der Waals surface area contributed by atoms with Gasteiger partial charge in [-0.25, -0.2) is 4.99 Å². The first-order chi connectivity index (χ1) is 15.2. The molecule has 0 aromatic heterocycles. The van der Waals surface area contributed by atoms with Gasteiger partial charge in [0, 0.05) is 0 Å². The van der Waals surface area contributed by atoms with Crippen molar-refractivity contribution >= 4 is 34.6 Å². The number of para-hydroxylation sites is 1. The summed E-state index contributed by atoms with van der Waals surface area (Å²) in [7, 11) is 0. The quantitative estimate of drug-likeness (QED) is 0.416. The summed E-state index contributed by atoms with van der Waals surface area (Å²) in [5.41, 5.74) is 2.85. The molecule has 3 aromatic rings. The van der Waals surface area contributed by atoms with E-state index in [9.17, 15) is 4.79 Å². The molecule has 0 N–H and O–H groups in total. The molecule has 1 heterocycles. The number of hydrogen-bond acceptors (Lipinski definition) is 4. The van der Waals surface area contributed by atoms with Crippen molar-refractivity contribution in [2.45, 2.75) is 19.9 Å². The van der Waals surface area contributed by atoms with Crippen LogP contribution in [0.5, 0.6) is 5.75 Å². The van der Waals surface area contributed by atoms with Crippen molar-refractivity contribution in [3.05, 3.63) is 101 Å². The Morgan fingerprint density at radius 3 is 2.29 bits per heavy atom. The lowest BCUT2D eigenvalue weighted by Gasteiger charge is -2.15. The highest BCUT2D eigenvalue weighted by molar-refractivity contribution is 8.18. The molecule has 1 saturated heterocycles. The molecule has 3 aromatic carbocycles. The SMILES string of the molecule is CCCOc1ccc(/C=C2/SC(=Nc3ccccc3)N(Cc3ccccc3)C2=O)cc1. The molecular weight excluding hydrogens is 404 g/mol. The normalized spacial score (nSPS) is 16.3. The van der Waals surface area contributed by atoms with Crippen molar-refractivity contribution in [3.63, 3.8) is 0 Å². The maximum absolute atomic E-state index is 13.3. The van der Waals surface area contributed by atoms with Crippen LogP contribution >= 0.6 is 11.8 Å². The number of ether oxygens (including phenoxy) is 1. The molecular formula is C26H24N2O2S. The molecule has 0 bridgehead atoms. The van der Waals surface area contributed by atoms with E-state index < -0.39 is 0 Å². The summed E-state index contributed by atoms with van der Waals surface area (Å²) >= 11 is 1.41. The van der Waals surface area contributed by atoms with Crippen molar-refractivity contribution < 1.29 is 9.53 Å². The minimum absolute atomic E-state index is 0.0326. The number of benzene rings is 3. The second kappa shape index (κ2) is 10.1. The van der Waals surface area contributed by atoms with E-state index in [0.29, 0.717) is 23.2 Å². The third kappa shape index (κ3) is 5.44. The van der Waals surface area contributed by atoms with Crippen LogP contribution in [0.4, 0.5) is 5.69 Å². The van der Waals surface area contributed by atoms with Gasteiger partial charge in [-0.1, -0.05) is 67.6 Å². The first-order valence-corrected chi connectivity index (χ1v) is 11.2. The van der Waals surface area contributed by atoms with Crippen LogP contribution in [0.1, 0.15) is 24.5 Å². The average molecular weight is 429 g/mol. The molecule has 4 rings (SSSR count). The van der Waals surface area contributed by atoms with E-state index in [1.807, 2.05) is 91.0 Å². The summed E-state index contributed by atoms with van der Waals surface area (Å²) in [5.74, 6) is 0.807. The average Bonchev–Trinajstić information content (AvgIpc) is 3.09. The number of carbonyl (C=O) groups is 1. The van der Waals surface area contributed by atoms with Crippen LogP contribution in [0.2, 0.25) is 0 Å². The summed E-state index contributed by atoms with van der Waals surface area (Å²) in [6.07, 6.45) is 2.89. The van der Waals surface area contributed by atoms with E-state index in [2.05, 4.69) is 6.92 Å². The maximum Gasteiger partial charge on any atom is 0.267 e. The second-order valence-electron chi connectivity index (χ2n) is 7.13. The van der Waals surface area contributed by atoms with Crippen LogP contribution in [-0.4, -0.2) is 22.6 Å². The Labute approximate surface area is 187 Å². The summed E-state index contributed by atoms with van der Waals surface area (Å²) in [6, 6.07) is 27.5. The van der Waals surface area contributed by atoms with Crippen molar-refractivity contribution in [2.75, 3.05) is 6.61 Å². The van der Waals surface area contributed by atoms with E-state index in [-0.39, 0.29) is 5.91 Å². The van der Waals surface area contributed by atoms with Crippen molar-refractivity contribution in [1.29, 1.82) is 0 Å². The number of nitrogens with zero attached hydrogens (tertiary/aromatic N) is 2. The molecule has 1 aliphatic heterocycles. The van der Waals surface area contributed by atoms with Gasteiger partial charge in [-0.15, -0.1) is 0 Å². The summed E-state index contributed by atoms with van der Waals surface area (Å²) in [6.45, 7) is 3.26. The number of rotatable bonds is 7. The fourth-order valence-electron chi connectivity index (χ4n) is 3.14. The van der Waals surface area contributed by atoms with Crippen molar-refractivity contribution in [1.82, 2.24) is 4.90 Å². The minimum atomic E-state index is -0.0326. The topological polar surface area (TPSA) is 41.9 Å². The third-order valence-corrected chi connectivity index (χ3v) is 5.71. The molecule has 1 amide bonds. The lowest BCUT2D eigenvalue weighted by Crippen LogP contribution is -2.28. The third-order valence-electron chi connectivity index (χ3n) is 4.70. The molecule has 0 saturated carbocycles. The number of hydrogen-bond donors (Lipinski definition) is 0. The molecule has 0 aliphatic carbocycles. The standard InChI is InChI=1S/C26H24N2O2S/c1-2-17-30-23-15-13-20(14-16-23)18-24-25(29)28(19-21-9-5-3-6-10-21)26(31-24)27-22-11-7-4-8-12-22/h3-16,18H,2,17,19H2,1H3/b24-18+,27-26?. The van der Waals surface area contributed by atoms with Crippen LogP contribution in [0.3, 0.4) is 0 Å². The van der Waals surface area contributed by atoms with Gasteiger partial charge in [0.05, 0.1) is 23.7 Å². The zero-order chi connectivity index (χ0) is 21.5. The molecule has 0 atom stereocenters. The number of thioether (sulfide) groups is 1. The molecule has 156 valence electrons. The molecule has 1 aliphatic rings. The van der Waals surface area contributed by atoms with Crippen LogP contribution < -0.4 is 4.74 Å². The molecule has 0 radical (unpaired) electrons. The lowest BCUT2D eigenvalue weighted by atomic mass is 10.2. The first kappa shape index (κ1) is 20.9. The van der Waals surface area contributed by atoms with E-state index in [4.69, 9.17) is 9.73 Å². The molecule has 0 spiro atoms. The highest BCUT2D eigenvalue weighted by Gasteiger charge is 2.33. The highest BCUT2D eigenvalue weighted by Crippen LogP contribution is 2.35. The first-order valence-electron chi connectivity index (χ1n) is 10.3. The Bertz CT molecular complexity index is 1080. The zero-order valence-corrected chi connectivity index (χ0v) is 18.2. The van der Waals surface area contributed by atoms with Crippen molar-refractivity contribution in [2.24, 2.45) is 4.99 Å². The fraction of sp³-hybridized carbons (Fsp3) is 0.154. The van der Waals surface area contributed by atoms with Gasteiger partial charge in [0.15, 0.2) is 5.17 Å². The van der Waals surface area contributed by atoms with Crippen LogP contribution in [-0.2, 0) is 11.3 Å². The molecule has 1 fully saturated rings. The van der Waals surface area contributed by atoms with Crippen LogP contribution in [0.25, 0.3) is 6.08 Å². The van der Waals surface area contributed by atoms with Gasteiger partial charge in [0.25, 0.3) is 5.91 Å².